The molecule has 2 N–H and O–H groups in total. The molecular weight excluding hydrogens is 320 g/mol. The third-order valence-electron chi connectivity index (χ3n) is 4.53. The quantitative estimate of drug-likeness (QED) is 0.834. The lowest BCUT2D eigenvalue weighted by molar-refractivity contribution is -0.138. The number of carbonyl (C=O) groups is 2. The van der Waals surface area contributed by atoms with E-state index in [1.54, 1.807) is 19.1 Å². The SMILES string of the molecule is Cc1cccc2c1CCN2C(=O)C(=O)NC(C)CC(O)c1ccco1. The van der Waals surface area contributed by atoms with Crippen LogP contribution in [0.25, 0.3) is 0 Å². The van der Waals surface area contributed by atoms with E-state index in [0.29, 0.717) is 12.3 Å². The number of amides is 2. The smallest absolute Gasteiger partial charge is 0.316 e. The van der Waals surface area contributed by atoms with Gasteiger partial charge in [-0.05, 0) is 49.6 Å². The lowest BCUT2D eigenvalue weighted by atomic mass is 10.1. The zero-order chi connectivity index (χ0) is 18.0. The van der Waals surface area contributed by atoms with Crippen molar-refractivity contribution in [2.45, 2.75) is 38.8 Å². The van der Waals surface area contributed by atoms with Crippen molar-refractivity contribution < 1.29 is 19.1 Å². The van der Waals surface area contributed by atoms with Crippen molar-refractivity contribution in [3.63, 3.8) is 0 Å². The van der Waals surface area contributed by atoms with E-state index in [-0.39, 0.29) is 12.5 Å². The van der Waals surface area contributed by atoms with E-state index in [4.69, 9.17) is 4.42 Å². The van der Waals surface area contributed by atoms with Crippen LogP contribution in [0.2, 0.25) is 0 Å². The largest absolute Gasteiger partial charge is 0.467 e. The number of anilines is 1. The Morgan fingerprint density at radius 1 is 1.32 bits per heavy atom. The van der Waals surface area contributed by atoms with Gasteiger partial charge >= 0.3 is 11.8 Å². The summed E-state index contributed by atoms with van der Waals surface area (Å²) in [4.78, 5) is 26.3. The van der Waals surface area contributed by atoms with Gasteiger partial charge in [0.05, 0.1) is 6.26 Å². The van der Waals surface area contributed by atoms with E-state index < -0.39 is 17.9 Å². The minimum absolute atomic E-state index is 0.266. The number of furan rings is 1. The topological polar surface area (TPSA) is 82.8 Å². The highest BCUT2D eigenvalue weighted by Gasteiger charge is 2.30. The number of benzene rings is 1. The number of aliphatic hydroxyl groups is 1. The van der Waals surface area contributed by atoms with Gasteiger partial charge in [-0.25, -0.2) is 0 Å². The average molecular weight is 342 g/mol. The Morgan fingerprint density at radius 2 is 2.12 bits per heavy atom. The molecule has 25 heavy (non-hydrogen) atoms. The van der Waals surface area contributed by atoms with Gasteiger partial charge in [0.25, 0.3) is 0 Å². The molecule has 2 aromatic rings. The van der Waals surface area contributed by atoms with E-state index in [0.717, 1.165) is 23.2 Å². The van der Waals surface area contributed by atoms with Gasteiger partial charge in [-0.15, -0.1) is 0 Å². The van der Waals surface area contributed by atoms with Gasteiger partial charge in [0.2, 0.25) is 0 Å². The van der Waals surface area contributed by atoms with Crippen LogP contribution in [-0.4, -0.2) is 29.5 Å². The molecule has 0 fully saturated rings. The second-order valence-corrected chi connectivity index (χ2v) is 6.42. The van der Waals surface area contributed by atoms with Crippen molar-refractivity contribution in [2.24, 2.45) is 0 Å². The van der Waals surface area contributed by atoms with E-state index >= 15 is 0 Å². The number of fused-ring (bicyclic) bond motifs is 1. The summed E-state index contributed by atoms with van der Waals surface area (Å²) in [5.74, 6) is -0.784. The molecule has 1 aliphatic rings. The first kappa shape index (κ1) is 17.2. The van der Waals surface area contributed by atoms with Crippen LogP contribution in [-0.2, 0) is 16.0 Å². The zero-order valence-electron chi connectivity index (χ0n) is 14.4. The van der Waals surface area contributed by atoms with Crippen LogP contribution in [0.4, 0.5) is 5.69 Å². The van der Waals surface area contributed by atoms with Gasteiger partial charge in [0, 0.05) is 24.7 Å². The number of hydrogen-bond donors (Lipinski definition) is 2. The minimum atomic E-state index is -0.824. The van der Waals surface area contributed by atoms with Crippen molar-refractivity contribution in [2.75, 3.05) is 11.4 Å². The third kappa shape index (κ3) is 3.58. The van der Waals surface area contributed by atoms with Crippen molar-refractivity contribution in [1.29, 1.82) is 0 Å². The fourth-order valence-corrected chi connectivity index (χ4v) is 3.22. The van der Waals surface area contributed by atoms with Gasteiger partial charge in [0.1, 0.15) is 11.9 Å². The summed E-state index contributed by atoms with van der Waals surface area (Å²) >= 11 is 0. The lowest BCUT2D eigenvalue weighted by Crippen LogP contribution is -2.45. The van der Waals surface area contributed by atoms with Crippen LogP contribution >= 0.6 is 0 Å². The molecule has 0 spiro atoms. The molecule has 2 amide bonds. The number of carbonyl (C=O) groups excluding carboxylic acids is 2. The van der Waals surface area contributed by atoms with Crippen molar-refractivity contribution in [3.8, 4) is 0 Å². The monoisotopic (exact) mass is 342 g/mol. The van der Waals surface area contributed by atoms with Gasteiger partial charge in [-0.1, -0.05) is 12.1 Å². The predicted molar refractivity (Wildman–Crippen MR) is 93.1 cm³/mol. The van der Waals surface area contributed by atoms with Gasteiger partial charge in [0.15, 0.2) is 0 Å². The fraction of sp³-hybridized carbons (Fsp3) is 0.368. The predicted octanol–water partition coefficient (Wildman–Crippen LogP) is 2.11. The molecule has 1 aromatic heterocycles. The Bertz CT molecular complexity index is 770. The number of nitrogens with one attached hydrogen (secondary N) is 1. The third-order valence-corrected chi connectivity index (χ3v) is 4.53. The maximum Gasteiger partial charge on any atom is 0.316 e. The molecule has 0 saturated heterocycles. The maximum atomic E-state index is 12.5. The van der Waals surface area contributed by atoms with Crippen molar-refractivity contribution >= 4 is 17.5 Å². The molecule has 1 aliphatic heterocycles. The summed E-state index contributed by atoms with van der Waals surface area (Å²) in [6.45, 7) is 4.26. The molecule has 0 radical (unpaired) electrons. The minimum Gasteiger partial charge on any atom is -0.467 e. The molecule has 2 heterocycles. The zero-order valence-corrected chi connectivity index (χ0v) is 14.4. The Morgan fingerprint density at radius 3 is 2.84 bits per heavy atom. The number of rotatable bonds is 4. The Balaban J connectivity index is 1.60. The van der Waals surface area contributed by atoms with Crippen molar-refractivity contribution in [1.82, 2.24) is 5.32 Å². The molecule has 1 aromatic carbocycles. The molecular formula is C19H22N2O4. The van der Waals surface area contributed by atoms with Crippen molar-refractivity contribution in [3.05, 3.63) is 53.5 Å². The molecule has 3 rings (SSSR count). The molecule has 132 valence electrons. The summed E-state index contributed by atoms with van der Waals surface area (Å²) in [5, 5.41) is 12.7. The highest BCUT2D eigenvalue weighted by molar-refractivity contribution is 6.40. The standard InChI is InChI=1S/C19H22N2O4/c1-12-5-3-6-15-14(12)8-9-21(15)19(24)18(23)20-13(2)11-16(22)17-7-4-10-25-17/h3-7,10,13,16,22H,8-9,11H2,1-2H3,(H,20,23). The molecule has 2 unspecified atom stereocenters. The molecule has 6 nitrogen and oxygen atoms in total. The van der Waals surface area contributed by atoms with Gasteiger partial charge < -0.3 is 19.7 Å². The summed E-state index contributed by atoms with van der Waals surface area (Å²) in [6.07, 6.45) is 1.68. The molecule has 6 heteroatoms. The Labute approximate surface area is 146 Å². The van der Waals surface area contributed by atoms with Crippen LogP contribution in [0.1, 0.15) is 36.3 Å². The van der Waals surface area contributed by atoms with E-state index in [1.165, 1.54) is 11.2 Å². The van der Waals surface area contributed by atoms with Crippen LogP contribution in [0.5, 0.6) is 0 Å². The number of aryl methyl sites for hydroxylation is 1. The highest BCUT2D eigenvalue weighted by Crippen LogP contribution is 2.30. The number of hydrogen-bond acceptors (Lipinski definition) is 4. The Hall–Kier alpha value is -2.60. The Kier molecular flexibility index (Phi) is 4.90. The normalized spacial score (nSPS) is 15.6. The molecule has 2 atom stereocenters. The van der Waals surface area contributed by atoms with E-state index in [2.05, 4.69) is 5.32 Å². The second kappa shape index (κ2) is 7.11. The first-order chi connectivity index (χ1) is 12.0. The number of aliphatic hydroxyl groups excluding tert-OH is 1. The van der Waals surface area contributed by atoms with E-state index in [9.17, 15) is 14.7 Å². The van der Waals surface area contributed by atoms with Crippen LogP contribution in [0.15, 0.2) is 41.0 Å². The fourth-order valence-electron chi connectivity index (χ4n) is 3.22. The summed E-state index contributed by atoms with van der Waals surface area (Å²) in [7, 11) is 0. The van der Waals surface area contributed by atoms with Gasteiger partial charge in [-0.3, -0.25) is 9.59 Å². The van der Waals surface area contributed by atoms with Crippen LogP contribution < -0.4 is 10.2 Å². The molecule has 0 bridgehead atoms. The second-order valence-electron chi connectivity index (χ2n) is 6.42. The lowest BCUT2D eigenvalue weighted by Gasteiger charge is -2.20. The van der Waals surface area contributed by atoms with Crippen LogP contribution in [0.3, 0.4) is 0 Å². The van der Waals surface area contributed by atoms with E-state index in [1.807, 2.05) is 25.1 Å². The summed E-state index contributed by atoms with van der Waals surface area (Å²) in [5.41, 5.74) is 3.05. The van der Waals surface area contributed by atoms with Crippen LogP contribution in [0, 0.1) is 6.92 Å². The molecule has 0 saturated carbocycles. The highest BCUT2D eigenvalue weighted by atomic mass is 16.4. The average Bonchev–Trinajstić information content (AvgIpc) is 3.24. The number of nitrogens with zero attached hydrogens (tertiary/aromatic N) is 1. The first-order valence-electron chi connectivity index (χ1n) is 8.39. The maximum absolute atomic E-state index is 12.5. The van der Waals surface area contributed by atoms with Gasteiger partial charge in [-0.2, -0.15) is 0 Å². The first-order valence-corrected chi connectivity index (χ1v) is 8.39. The summed E-state index contributed by atoms with van der Waals surface area (Å²) in [6, 6.07) is 8.76. The summed E-state index contributed by atoms with van der Waals surface area (Å²) < 4.78 is 5.14. The molecule has 0 aliphatic carbocycles.